The Kier molecular flexibility index (Phi) is 4.59. The Morgan fingerprint density at radius 2 is 2.04 bits per heavy atom. The second-order valence-electron chi connectivity index (χ2n) is 6.01. The number of hydrogen-bond donors (Lipinski definition) is 3. The SMILES string of the molecule is Cc1c(C(=O)NCc2cnc(N)s2)ccc2c1NC(=O)c1ccccc1S2. The molecule has 1 aromatic heterocycles. The van der Waals surface area contributed by atoms with Crippen LogP contribution < -0.4 is 16.4 Å². The van der Waals surface area contributed by atoms with Crippen LogP contribution in [0.5, 0.6) is 0 Å². The number of nitrogens with two attached hydrogens (primary N) is 1. The Morgan fingerprint density at radius 1 is 1.22 bits per heavy atom. The lowest BCUT2D eigenvalue weighted by molar-refractivity contribution is 0.0949. The van der Waals surface area contributed by atoms with Gasteiger partial charge in [-0.1, -0.05) is 23.9 Å². The molecule has 0 radical (unpaired) electrons. The molecular formula is C19H16N4O2S2. The second kappa shape index (κ2) is 7.05. The third kappa shape index (κ3) is 3.41. The highest BCUT2D eigenvalue weighted by Gasteiger charge is 2.23. The van der Waals surface area contributed by atoms with Crippen molar-refractivity contribution in [2.45, 2.75) is 23.3 Å². The van der Waals surface area contributed by atoms with E-state index in [1.54, 1.807) is 18.3 Å². The molecule has 0 saturated carbocycles. The van der Waals surface area contributed by atoms with Crippen molar-refractivity contribution >= 4 is 45.7 Å². The number of nitrogens with one attached hydrogen (secondary N) is 2. The maximum atomic E-state index is 12.6. The van der Waals surface area contributed by atoms with Crippen LogP contribution in [0.25, 0.3) is 0 Å². The molecule has 0 unspecified atom stereocenters. The molecule has 3 aromatic rings. The van der Waals surface area contributed by atoms with E-state index in [4.69, 9.17) is 5.73 Å². The molecule has 0 aliphatic carbocycles. The van der Waals surface area contributed by atoms with E-state index >= 15 is 0 Å². The molecule has 2 amide bonds. The van der Waals surface area contributed by atoms with E-state index in [1.165, 1.54) is 23.1 Å². The van der Waals surface area contributed by atoms with Crippen LogP contribution in [0.4, 0.5) is 10.8 Å². The van der Waals surface area contributed by atoms with Gasteiger partial charge in [-0.3, -0.25) is 9.59 Å². The average molecular weight is 396 g/mol. The van der Waals surface area contributed by atoms with Gasteiger partial charge in [0.1, 0.15) is 0 Å². The molecule has 27 heavy (non-hydrogen) atoms. The van der Waals surface area contributed by atoms with Gasteiger partial charge < -0.3 is 16.4 Å². The van der Waals surface area contributed by atoms with E-state index in [2.05, 4.69) is 15.6 Å². The summed E-state index contributed by atoms with van der Waals surface area (Å²) in [5, 5.41) is 6.30. The lowest BCUT2D eigenvalue weighted by Crippen LogP contribution is -2.24. The van der Waals surface area contributed by atoms with E-state index in [-0.39, 0.29) is 11.8 Å². The van der Waals surface area contributed by atoms with Crippen molar-refractivity contribution in [2.24, 2.45) is 0 Å². The van der Waals surface area contributed by atoms with Gasteiger partial charge in [0.15, 0.2) is 5.13 Å². The van der Waals surface area contributed by atoms with Gasteiger partial charge in [0, 0.05) is 26.4 Å². The molecule has 4 N–H and O–H groups in total. The lowest BCUT2D eigenvalue weighted by Gasteiger charge is -2.14. The molecule has 0 bridgehead atoms. The second-order valence-corrected chi connectivity index (χ2v) is 8.24. The summed E-state index contributed by atoms with van der Waals surface area (Å²) >= 11 is 2.86. The molecule has 1 aliphatic rings. The standard InChI is InChI=1S/C19H16N4O2S2/c1-10-12(17(24)21-8-11-9-22-19(20)26-11)6-7-15-16(10)23-18(25)13-4-2-3-5-14(13)27-15/h2-7,9H,8H2,1H3,(H2,20,22)(H,21,24)(H,23,25). The van der Waals surface area contributed by atoms with Crippen LogP contribution in [-0.2, 0) is 6.54 Å². The number of carbonyl (C=O) groups is 2. The predicted molar refractivity (Wildman–Crippen MR) is 107 cm³/mol. The summed E-state index contributed by atoms with van der Waals surface area (Å²) in [6, 6.07) is 11.1. The first kappa shape index (κ1) is 17.6. The fourth-order valence-corrected chi connectivity index (χ4v) is 4.60. The smallest absolute Gasteiger partial charge is 0.256 e. The molecule has 2 aromatic carbocycles. The lowest BCUT2D eigenvalue weighted by atomic mass is 10.1. The van der Waals surface area contributed by atoms with Gasteiger partial charge in [-0.15, -0.1) is 11.3 Å². The van der Waals surface area contributed by atoms with E-state index < -0.39 is 0 Å². The van der Waals surface area contributed by atoms with Crippen molar-refractivity contribution in [3.63, 3.8) is 0 Å². The van der Waals surface area contributed by atoms with E-state index in [0.717, 1.165) is 20.2 Å². The average Bonchev–Trinajstić information content (AvgIpc) is 3.01. The molecule has 1 aliphatic heterocycles. The minimum atomic E-state index is -0.205. The zero-order valence-electron chi connectivity index (χ0n) is 14.4. The first-order chi connectivity index (χ1) is 13.0. The third-order valence-corrected chi connectivity index (χ3v) is 6.22. The molecule has 4 rings (SSSR count). The molecule has 0 fully saturated rings. The number of anilines is 2. The number of hydrogen-bond acceptors (Lipinski definition) is 6. The molecule has 6 nitrogen and oxygen atoms in total. The Bertz CT molecular complexity index is 1060. The molecular weight excluding hydrogens is 380 g/mol. The van der Waals surface area contributed by atoms with Crippen molar-refractivity contribution in [1.82, 2.24) is 10.3 Å². The summed E-state index contributed by atoms with van der Waals surface area (Å²) in [5.74, 6) is -0.374. The summed E-state index contributed by atoms with van der Waals surface area (Å²) in [6.45, 7) is 2.20. The van der Waals surface area contributed by atoms with Crippen LogP contribution in [-0.4, -0.2) is 16.8 Å². The first-order valence-corrected chi connectivity index (χ1v) is 9.86. The molecule has 0 spiro atoms. The third-order valence-electron chi connectivity index (χ3n) is 4.26. The van der Waals surface area contributed by atoms with Gasteiger partial charge in [0.05, 0.1) is 17.8 Å². The van der Waals surface area contributed by atoms with Gasteiger partial charge >= 0.3 is 0 Å². The highest BCUT2D eigenvalue weighted by atomic mass is 32.2. The van der Waals surface area contributed by atoms with Crippen LogP contribution in [0.2, 0.25) is 0 Å². The Balaban J connectivity index is 1.61. The summed E-state index contributed by atoms with van der Waals surface area (Å²) in [7, 11) is 0. The maximum absolute atomic E-state index is 12.6. The van der Waals surface area contributed by atoms with Crippen molar-refractivity contribution in [2.75, 3.05) is 11.1 Å². The zero-order chi connectivity index (χ0) is 19.0. The number of nitrogen functional groups attached to an aromatic ring is 1. The number of aromatic nitrogens is 1. The maximum Gasteiger partial charge on any atom is 0.256 e. The first-order valence-electron chi connectivity index (χ1n) is 8.23. The predicted octanol–water partition coefficient (Wildman–Crippen LogP) is 3.68. The van der Waals surface area contributed by atoms with Crippen LogP contribution in [0.3, 0.4) is 0 Å². The quantitative estimate of drug-likeness (QED) is 0.627. The molecule has 2 heterocycles. The fourth-order valence-electron chi connectivity index (χ4n) is 2.88. The number of rotatable bonds is 3. The van der Waals surface area contributed by atoms with Crippen molar-refractivity contribution < 1.29 is 9.59 Å². The van der Waals surface area contributed by atoms with Crippen molar-refractivity contribution in [1.29, 1.82) is 0 Å². The molecule has 0 saturated heterocycles. The Morgan fingerprint density at radius 3 is 2.81 bits per heavy atom. The summed E-state index contributed by atoms with van der Waals surface area (Å²) in [5.41, 5.74) is 8.19. The number of amides is 2. The Labute approximate surface area is 164 Å². The minimum absolute atomic E-state index is 0.169. The monoisotopic (exact) mass is 396 g/mol. The number of nitrogens with zero attached hydrogens (tertiary/aromatic N) is 1. The minimum Gasteiger partial charge on any atom is -0.375 e. The normalized spacial score (nSPS) is 12.6. The van der Waals surface area contributed by atoms with Crippen LogP contribution in [0.15, 0.2) is 52.4 Å². The molecule has 8 heteroatoms. The van der Waals surface area contributed by atoms with Gasteiger partial charge in [0.2, 0.25) is 0 Å². The largest absolute Gasteiger partial charge is 0.375 e. The number of carbonyl (C=O) groups excluding carboxylic acids is 2. The number of benzene rings is 2. The van der Waals surface area contributed by atoms with E-state index in [1.807, 2.05) is 31.2 Å². The number of thiazole rings is 1. The van der Waals surface area contributed by atoms with Crippen LogP contribution >= 0.6 is 23.1 Å². The van der Waals surface area contributed by atoms with E-state index in [0.29, 0.717) is 28.5 Å². The number of fused-ring (bicyclic) bond motifs is 2. The highest BCUT2D eigenvalue weighted by Crippen LogP contribution is 2.41. The van der Waals surface area contributed by atoms with Crippen LogP contribution in [0, 0.1) is 6.92 Å². The van der Waals surface area contributed by atoms with Crippen molar-refractivity contribution in [3.8, 4) is 0 Å². The van der Waals surface area contributed by atoms with E-state index in [9.17, 15) is 9.59 Å². The van der Waals surface area contributed by atoms with Gasteiger partial charge in [0.25, 0.3) is 11.8 Å². The van der Waals surface area contributed by atoms with Gasteiger partial charge in [-0.25, -0.2) is 4.98 Å². The topological polar surface area (TPSA) is 97.1 Å². The molecule has 0 atom stereocenters. The Hall–Kier alpha value is -2.84. The van der Waals surface area contributed by atoms with Crippen LogP contribution in [0.1, 0.15) is 31.2 Å². The highest BCUT2D eigenvalue weighted by molar-refractivity contribution is 7.99. The summed E-state index contributed by atoms with van der Waals surface area (Å²) in [6.07, 6.45) is 1.65. The zero-order valence-corrected chi connectivity index (χ0v) is 16.0. The summed E-state index contributed by atoms with van der Waals surface area (Å²) in [4.78, 5) is 31.9. The van der Waals surface area contributed by atoms with Crippen molar-refractivity contribution in [3.05, 3.63) is 64.2 Å². The molecule has 136 valence electrons. The van der Waals surface area contributed by atoms with Gasteiger partial charge in [-0.2, -0.15) is 0 Å². The fraction of sp³-hybridized carbons (Fsp3) is 0.105. The van der Waals surface area contributed by atoms with Gasteiger partial charge in [-0.05, 0) is 36.8 Å². The summed E-state index contributed by atoms with van der Waals surface area (Å²) < 4.78 is 0.